The molecule has 12 nitrogen and oxygen atoms in total. The van der Waals surface area contributed by atoms with Crippen molar-refractivity contribution in [1.82, 2.24) is 25.3 Å². The van der Waals surface area contributed by atoms with E-state index in [4.69, 9.17) is 5.84 Å². The Labute approximate surface area is 117 Å². The minimum Gasteiger partial charge on any atom is -0.324 e. The predicted molar refractivity (Wildman–Crippen MR) is 69.1 cm³/mol. The summed E-state index contributed by atoms with van der Waals surface area (Å²) in [7, 11) is -4.12. The monoisotopic (exact) mass is 314 g/mol. The molecule has 0 saturated carbocycles. The maximum absolute atomic E-state index is 12.1. The molecule has 0 atom stereocenters. The van der Waals surface area contributed by atoms with Gasteiger partial charge in [-0.3, -0.25) is 16.0 Å². The first-order valence-electron chi connectivity index (χ1n) is 5.41. The van der Waals surface area contributed by atoms with E-state index in [1.807, 2.05) is 0 Å². The Morgan fingerprint density at radius 2 is 2.19 bits per heavy atom. The summed E-state index contributed by atoms with van der Waals surface area (Å²) in [6.45, 7) is -0.257. The number of nitro benzene ring substituents is 1. The van der Waals surface area contributed by atoms with Crippen molar-refractivity contribution in [3.63, 3.8) is 0 Å². The molecule has 2 rings (SSSR count). The summed E-state index contributed by atoms with van der Waals surface area (Å²) in [5.74, 6) is 5.23. The average molecular weight is 314 g/mol. The Bertz CT molecular complexity index is 744. The van der Waals surface area contributed by atoms with Crippen LogP contribution >= 0.6 is 0 Å². The summed E-state index contributed by atoms with van der Waals surface area (Å²) in [5, 5.41) is 23.5. The Balaban J connectivity index is 2.32. The van der Waals surface area contributed by atoms with Crippen LogP contribution in [0.3, 0.4) is 0 Å². The molecule has 13 heteroatoms. The summed E-state index contributed by atoms with van der Waals surface area (Å²) in [5.41, 5.74) is 1.80. The van der Waals surface area contributed by atoms with Crippen molar-refractivity contribution >= 4 is 21.4 Å². The Morgan fingerprint density at radius 3 is 2.76 bits per heavy atom. The minimum atomic E-state index is -4.12. The smallest absolute Gasteiger partial charge is 0.291 e. The Hall–Kier alpha value is -2.64. The van der Waals surface area contributed by atoms with Crippen LogP contribution in [0, 0.1) is 10.1 Å². The van der Waals surface area contributed by atoms with Crippen molar-refractivity contribution < 1.29 is 13.3 Å². The first-order chi connectivity index (χ1) is 9.94. The number of sulfonamides is 1. The molecule has 0 aliphatic rings. The molecule has 0 unspecified atom stereocenters. The van der Waals surface area contributed by atoms with Crippen LogP contribution in [0.25, 0.3) is 0 Å². The van der Waals surface area contributed by atoms with E-state index in [0.717, 1.165) is 12.1 Å². The molecule has 0 bridgehead atoms. The second-order valence-corrected chi connectivity index (χ2v) is 5.47. The van der Waals surface area contributed by atoms with Crippen molar-refractivity contribution in [2.45, 2.75) is 11.4 Å². The molecular formula is C8H10N8O4S. The molecule has 0 radical (unpaired) electrons. The number of hydrogen-bond donors (Lipinski definition) is 4. The summed E-state index contributed by atoms with van der Waals surface area (Å²) in [4.78, 5) is 9.67. The van der Waals surface area contributed by atoms with Gasteiger partial charge in [-0.05, 0) is 12.1 Å². The molecule has 21 heavy (non-hydrogen) atoms. The number of aromatic amines is 1. The zero-order chi connectivity index (χ0) is 15.5. The number of hydrazine groups is 1. The normalized spacial score (nSPS) is 11.3. The Morgan fingerprint density at radius 1 is 1.43 bits per heavy atom. The van der Waals surface area contributed by atoms with Crippen molar-refractivity contribution in [2.24, 2.45) is 5.84 Å². The Kier molecular flexibility index (Phi) is 4.06. The molecule has 1 aromatic carbocycles. The fourth-order valence-electron chi connectivity index (χ4n) is 1.47. The van der Waals surface area contributed by atoms with Crippen LogP contribution in [-0.4, -0.2) is 34.0 Å². The lowest BCUT2D eigenvalue weighted by atomic mass is 10.3. The van der Waals surface area contributed by atoms with E-state index in [1.54, 1.807) is 0 Å². The number of rotatable bonds is 6. The molecule has 5 N–H and O–H groups in total. The molecule has 0 aliphatic heterocycles. The van der Waals surface area contributed by atoms with Gasteiger partial charge in [0.2, 0.25) is 10.0 Å². The molecule has 0 fully saturated rings. The number of hydrogen-bond acceptors (Lipinski definition) is 9. The SMILES string of the molecule is NNc1ccc(S(=O)(=O)NCc2nn[nH]n2)c([N+](=O)[O-])c1. The average Bonchev–Trinajstić information content (AvgIpc) is 2.98. The van der Waals surface area contributed by atoms with E-state index in [2.05, 4.69) is 30.8 Å². The highest BCUT2D eigenvalue weighted by molar-refractivity contribution is 7.89. The van der Waals surface area contributed by atoms with E-state index in [9.17, 15) is 18.5 Å². The fraction of sp³-hybridized carbons (Fsp3) is 0.125. The molecule has 0 aliphatic carbocycles. The number of nitrogen functional groups attached to an aromatic ring is 1. The van der Waals surface area contributed by atoms with Gasteiger partial charge < -0.3 is 5.43 Å². The lowest BCUT2D eigenvalue weighted by Crippen LogP contribution is -2.24. The molecule has 112 valence electrons. The molecule has 2 aromatic rings. The van der Waals surface area contributed by atoms with Gasteiger partial charge in [-0.25, -0.2) is 13.1 Å². The lowest BCUT2D eigenvalue weighted by molar-refractivity contribution is -0.387. The summed E-state index contributed by atoms with van der Waals surface area (Å²) in [6.07, 6.45) is 0. The number of nitrogens with one attached hydrogen (secondary N) is 3. The number of anilines is 1. The van der Waals surface area contributed by atoms with Gasteiger partial charge in [-0.2, -0.15) is 5.21 Å². The first kappa shape index (κ1) is 14.8. The zero-order valence-electron chi connectivity index (χ0n) is 10.3. The third-order valence-corrected chi connectivity index (χ3v) is 3.87. The van der Waals surface area contributed by atoms with Gasteiger partial charge in [0.15, 0.2) is 10.7 Å². The quantitative estimate of drug-likeness (QED) is 0.291. The molecule has 1 aromatic heterocycles. The highest BCUT2D eigenvalue weighted by Gasteiger charge is 2.26. The van der Waals surface area contributed by atoms with E-state index < -0.39 is 25.5 Å². The standard InChI is InChI=1S/C8H10N8O4S/c9-11-5-1-2-7(6(3-5)16(17)18)21(19,20)10-4-8-12-14-15-13-8/h1-3,10-11H,4,9H2,(H,12,13,14,15). The van der Waals surface area contributed by atoms with Gasteiger partial charge in [0.1, 0.15) is 0 Å². The maximum atomic E-state index is 12.1. The van der Waals surface area contributed by atoms with Crippen molar-refractivity contribution in [2.75, 3.05) is 5.43 Å². The highest BCUT2D eigenvalue weighted by atomic mass is 32.2. The first-order valence-corrected chi connectivity index (χ1v) is 6.89. The molecule has 0 spiro atoms. The summed E-state index contributed by atoms with van der Waals surface area (Å²) < 4.78 is 26.3. The predicted octanol–water partition coefficient (Wildman–Crippen LogP) is -1.13. The second kappa shape index (κ2) is 5.78. The second-order valence-electron chi connectivity index (χ2n) is 3.74. The van der Waals surface area contributed by atoms with Crippen LogP contribution in [0.5, 0.6) is 0 Å². The lowest BCUT2D eigenvalue weighted by Gasteiger charge is -2.07. The molecule has 0 saturated heterocycles. The van der Waals surface area contributed by atoms with E-state index in [-0.39, 0.29) is 18.1 Å². The minimum absolute atomic E-state index is 0.0986. The third-order valence-electron chi connectivity index (χ3n) is 2.42. The number of nitrogens with two attached hydrogens (primary N) is 1. The van der Waals surface area contributed by atoms with Crippen LogP contribution in [0.2, 0.25) is 0 Å². The van der Waals surface area contributed by atoms with Gasteiger partial charge >= 0.3 is 0 Å². The van der Waals surface area contributed by atoms with Crippen molar-refractivity contribution in [1.29, 1.82) is 0 Å². The van der Waals surface area contributed by atoms with Gasteiger partial charge in [-0.15, -0.1) is 10.2 Å². The van der Waals surface area contributed by atoms with Gasteiger partial charge in [-0.1, -0.05) is 5.21 Å². The summed E-state index contributed by atoms with van der Waals surface area (Å²) >= 11 is 0. The van der Waals surface area contributed by atoms with Crippen LogP contribution in [-0.2, 0) is 16.6 Å². The summed E-state index contributed by atoms with van der Waals surface area (Å²) in [6, 6.07) is 3.39. The van der Waals surface area contributed by atoms with Crippen molar-refractivity contribution in [3.05, 3.63) is 34.1 Å². The van der Waals surface area contributed by atoms with Gasteiger partial charge in [0.05, 0.1) is 17.2 Å². The number of H-pyrrole nitrogens is 1. The van der Waals surface area contributed by atoms with Crippen LogP contribution in [0.1, 0.15) is 5.82 Å². The largest absolute Gasteiger partial charge is 0.324 e. The number of tetrazole rings is 1. The zero-order valence-corrected chi connectivity index (χ0v) is 11.2. The van der Waals surface area contributed by atoms with E-state index >= 15 is 0 Å². The van der Waals surface area contributed by atoms with Gasteiger partial charge in [0, 0.05) is 6.07 Å². The van der Waals surface area contributed by atoms with E-state index in [1.165, 1.54) is 6.07 Å². The fourth-order valence-corrected chi connectivity index (χ4v) is 2.60. The van der Waals surface area contributed by atoms with E-state index in [0.29, 0.717) is 0 Å². The molecular weight excluding hydrogens is 304 g/mol. The van der Waals surface area contributed by atoms with Crippen LogP contribution in [0.15, 0.2) is 23.1 Å². The number of nitrogens with zero attached hydrogens (tertiary/aromatic N) is 4. The highest BCUT2D eigenvalue weighted by Crippen LogP contribution is 2.26. The van der Waals surface area contributed by atoms with Crippen LogP contribution < -0.4 is 16.0 Å². The third kappa shape index (κ3) is 3.28. The molecule has 0 amide bonds. The van der Waals surface area contributed by atoms with Gasteiger partial charge in [0.25, 0.3) is 5.69 Å². The number of nitro groups is 1. The maximum Gasteiger partial charge on any atom is 0.291 e. The van der Waals surface area contributed by atoms with Crippen LogP contribution in [0.4, 0.5) is 11.4 Å². The molecule has 1 heterocycles. The topological polar surface area (TPSA) is 182 Å². The van der Waals surface area contributed by atoms with Crippen molar-refractivity contribution in [3.8, 4) is 0 Å². The number of benzene rings is 1. The number of aromatic nitrogens is 4.